The molecule has 0 amide bonds. The Labute approximate surface area is 380 Å². The summed E-state index contributed by atoms with van der Waals surface area (Å²) in [5, 5.41) is 0. The predicted molar refractivity (Wildman–Crippen MR) is 215 cm³/mol. The number of hydrogen-bond acceptors (Lipinski definition) is 0. The maximum absolute atomic E-state index is 12.4. The molecule has 67 heavy (non-hydrogen) atoms. The summed E-state index contributed by atoms with van der Waals surface area (Å²) in [4.78, 5) is 0. The summed E-state index contributed by atoms with van der Waals surface area (Å²) >= 11 is 0. The Balaban J connectivity index is 0.000000264. The molecule has 0 saturated carbocycles. The van der Waals surface area contributed by atoms with Crippen molar-refractivity contribution in [3.05, 3.63) is 212 Å². The zero-order chi connectivity index (χ0) is 49.1. The molecule has 0 spiro atoms. The van der Waals surface area contributed by atoms with Crippen LogP contribution in [-0.2, 0) is 53.5 Å². The van der Waals surface area contributed by atoms with Crippen LogP contribution in [0.1, 0.15) is 66.8 Å². The Morgan fingerprint density at radius 1 is 0.179 bits per heavy atom. The van der Waals surface area contributed by atoms with Crippen molar-refractivity contribution in [2.45, 2.75) is 37.1 Å². The van der Waals surface area contributed by atoms with Gasteiger partial charge in [-0.2, -0.15) is 79.0 Å². The summed E-state index contributed by atoms with van der Waals surface area (Å²) < 4.78 is 223. The third kappa shape index (κ3) is 18.2. The third-order valence-electron chi connectivity index (χ3n) is 8.83. The Morgan fingerprint density at radius 3 is 0.343 bits per heavy atom. The largest absolute Gasteiger partial charge is 0.416 e. The topological polar surface area (TPSA) is 0 Å². The minimum absolute atomic E-state index is 0. The van der Waals surface area contributed by atoms with Gasteiger partial charge in [-0.05, 0) is 106 Å². The van der Waals surface area contributed by atoms with Crippen LogP contribution < -0.4 is 0 Å². The van der Waals surface area contributed by atoms with Crippen LogP contribution in [-0.4, -0.2) is 0 Å². The molecule has 0 atom stereocenters. The average Bonchev–Trinajstić information content (AvgIpc) is 3.24. The molecule has 0 saturated heterocycles. The molecule has 0 aromatic heterocycles. The number of hydrogen-bond donors (Lipinski definition) is 0. The van der Waals surface area contributed by atoms with E-state index in [9.17, 15) is 79.0 Å². The molecular weight excluding hydrogens is 977 g/mol. The van der Waals surface area contributed by atoms with Gasteiger partial charge in [0.25, 0.3) is 0 Å². The van der Waals surface area contributed by atoms with Crippen molar-refractivity contribution in [2.75, 3.05) is 0 Å². The zero-order valence-electron chi connectivity index (χ0n) is 33.4. The van der Waals surface area contributed by atoms with Crippen LogP contribution in [0.2, 0.25) is 0 Å². The molecule has 0 nitrogen and oxygen atoms in total. The Kier molecular flexibility index (Phi) is 18.5. The summed E-state index contributed by atoms with van der Waals surface area (Å²) in [6.07, 6.45) is -17.2. The first kappa shape index (κ1) is 55.1. The second kappa shape index (κ2) is 22.5. The summed E-state index contributed by atoms with van der Waals surface area (Å²) in [5.41, 5.74) is -1.38. The van der Waals surface area contributed by atoms with E-state index in [1.807, 2.05) is 0 Å². The van der Waals surface area contributed by atoms with Crippen molar-refractivity contribution in [2.24, 2.45) is 0 Å². The van der Waals surface area contributed by atoms with Crippen molar-refractivity contribution in [1.29, 1.82) is 0 Å². The van der Waals surface area contributed by atoms with Gasteiger partial charge in [0.05, 0.1) is 33.4 Å². The van der Waals surface area contributed by atoms with Gasteiger partial charge in [-0.3, -0.25) is 0 Å². The van der Waals surface area contributed by atoms with Crippen LogP contribution >= 0.6 is 0 Å². The molecule has 0 aliphatic carbocycles. The van der Waals surface area contributed by atoms with Crippen LogP contribution in [0.3, 0.4) is 0 Å². The van der Waals surface area contributed by atoms with Crippen LogP contribution in [0, 0.1) is 0 Å². The molecular formula is C48H30F18Ni. The number of benzene rings is 6. The first-order valence-electron chi connectivity index (χ1n) is 18.6. The summed E-state index contributed by atoms with van der Waals surface area (Å²) in [6.45, 7) is 0. The molecule has 0 N–H and O–H groups in total. The second-order valence-corrected chi connectivity index (χ2v) is 13.7. The van der Waals surface area contributed by atoms with Gasteiger partial charge in [0.2, 0.25) is 0 Å². The van der Waals surface area contributed by atoms with Gasteiger partial charge >= 0.3 is 37.1 Å². The second-order valence-electron chi connectivity index (χ2n) is 13.7. The molecule has 0 aliphatic rings. The van der Waals surface area contributed by atoms with E-state index in [-0.39, 0.29) is 16.5 Å². The van der Waals surface area contributed by atoms with Crippen molar-refractivity contribution in [1.82, 2.24) is 0 Å². The monoisotopic (exact) mass is 1010 g/mol. The maximum Gasteiger partial charge on any atom is 0.416 e. The summed E-state index contributed by atoms with van der Waals surface area (Å²) in [7, 11) is 0. The third-order valence-corrected chi connectivity index (χ3v) is 8.83. The van der Waals surface area contributed by atoms with Gasteiger partial charge in [0, 0.05) is 16.5 Å². The summed E-state index contributed by atoms with van der Waals surface area (Å²) in [6, 6.07) is 27.0. The molecule has 19 heteroatoms. The van der Waals surface area contributed by atoms with E-state index >= 15 is 0 Å². The first-order chi connectivity index (χ1) is 30.5. The van der Waals surface area contributed by atoms with Gasteiger partial charge < -0.3 is 0 Å². The quantitative estimate of drug-likeness (QED) is 0.0886. The van der Waals surface area contributed by atoms with E-state index in [1.54, 1.807) is 0 Å². The van der Waals surface area contributed by atoms with Gasteiger partial charge in [-0.15, -0.1) is 0 Å². The fourth-order valence-corrected chi connectivity index (χ4v) is 5.28. The van der Waals surface area contributed by atoms with Crippen LogP contribution in [0.25, 0.3) is 36.5 Å². The average molecular weight is 1010 g/mol. The number of alkyl halides is 18. The zero-order valence-corrected chi connectivity index (χ0v) is 34.4. The van der Waals surface area contributed by atoms with E-state index in [2.05, 4.69) is 0 Å². The van der Waals surface area contributed by atoms with Gasteiger partial charge in [-0.25, -0.2) is 0 Å². The van der Waals surface area contributed by atoms with Crippen molar-refractivity contribution >= 4 is 36.5 Å². The van der Waals surface area contributed by atoms with Crippen molar-refractivity contribution in [3.8, 4) is 0 Å². The Hall–Kier alpha value is -6.23. The molecule has 0 radical (unpaired) electrons. The van der Waals surface area contributed by atoms with E-state index in [1.165, 1.54) is 109 Å². The van der Waals surface area contributed by atoms with E-state index < -0.39 is 70.4 Å². The first-order valence-corrected chi connectivity index (χ1v) is 18.6. The maximum atomic E-state index is 12.4. The van der Waals surface area contributed by atoms with Gasteiger partial charge in [0.15, 0.2) is 0 Å². The van der Waals surface area contributed by atoms with E-state index in [4.69, 9.17) is 0 Å². The Morgan fingerprint density at radius 2 is 0.269 bits per heavy atom. The van der Waals surface area contributed by atoms with E-state index in [0.717, 1.165) is 72.8 Å². The summed E-state index contributed by atoms with van der Waals surface area (Å²) in [5.74, 6) is 0. The smallest absolute Gasteiger partial charge is 0.166 e. The van der Waals surface area contributed by atoms with Crippen LogP contribution in [0.15, 0.2) is 146 Å². The molecule has 0 bridgehead atoms. The Bertz CT molecular complexity index is 2050. The minimum Gasteiger partial charge on any atom is -0.166 e. The molecule has 6 aromatic carbocycles. The van der Waals surface area contributed by atoms with E-state index in [0.29, 0.717) is 33.4 Å². The number of rotatable bonds is 6. The molecule has 0 aliphatic heterocycles. The molecule has 0 heterocycles. The predicted octanol–water partition coefficient (Wildman–Crippen LogP) is 17.7. The van der Waals surface area contributed by atoms with Gasteiger partial charge in [-0.1, -0.05) is 109 Å². The SMILES string of the molecule is FC(F)(F)c1ccc(/C=C/c2ccc(C(F)(F)F)cc2)cc1.FC(F)(F)c1ccc(/C=C/c2ccc(C(F)(F)F)cc2)cc1.FC(F)(F)c1ccc(/C=C/c2ccc(C(F)(F)F)cc2)cc1.[Ni]. The van der Waals surface area contributed by atoms with Gasteiger partial charge in [0.1, 0.15) is 0 Å². The fraction of sp³-hybridized carbons (Fsp3) is 0.125. The molecule has 0 unspecified atom stereocenters. The molecule has 6 aromatic rings. The normalized spacial score (nSPS) is 12.6. The van der Waals surface area contributed by atoms with Crippen molar-refractivity contribution < 1.29 is 95.5 Å². The van der Waals surface area contributed by atoms with Crippen molar-refractivity contribution in [3.63, 3.8) is 0 Å². The fourth-order valence-electron chi connectivity index (χ4n) is 5.28. The molecule has 0 fully saturated rings. The van der Waals surface area contributed by atoms with Crippen LogP contribution in [0.4, 0.5) is 79.0 Å². The minimum atomic E-state index is -4.39. The molecule has 358 valence electrons. The standard InChI is InChI=1S/3C16H10F6.Ni/c3*17-15(18,19)13-7-3-11(4-8-13)1-2-12-5-9-14(10-6-12)16(20,21)22;/h3*1-10H;/b3*2-1+;. The van der Waals surface area contributed by atoms with Crippen LogP contribution in [0.5, 0.6) is 0 Å². The number of halogens is 18. The molecule has 6 rings (SSSR count).